The van der Waals surface area contributed by atoms with Crippen LogP contribution in [0.25, 0.3) is 0 Å². The van der Waals surface area contributed by atoms with Gasteiger partial charge in [0.05, 0.1) is 6.26 Å². The first-order chi connectivity index (χ1) is 6.29. The third-order valence-corrected chi connectivity index (χ3v) is 2.17. The summed E-state index contributed by atoms with van der Waals surface area (Å²) >= 11 is 0. The van der Waals surface area contributed by atoms with E-state index in [1.807, 2.05) is 11.9 Å². The van der Waals surface area contributed by atoms with Crippen LogP contribution in [0.1, 0.15) is 11.8 Å². The molecule has 2 heterocycles. The fourth-order valence-electron chi connectivity index (χ4n) is 1.46. The highest BCUT2D eigenvalue weighted by Crippen LogP contribution is 2.23. The fraction of sp³-hybridized carbons (Fsp3) is 0.444. The number of likely N-dealkylation sites (N-methyl/N-ethyl adjacent to an activating group) is 1. The minimum atomic E-state index is -0.372. The van der Waals surface area contributed by atoms with Gasteiger partial charge >= 0.3 is 5.97 Å². The zero-order valence-corrected chi connectivity index (χ0v) is 7.40. The molecule has 1 saturated heterocycles. The highest BCUT2D eigenvalue weighted by Gasteiger charge is 2.32. The molecule has 2 rings (SSSR count). The number of hydrogen-bond donors (Lipinski definition) is 0. The summed E-state index contributed by atoms with van der Waals surface area (Å²) < 4.78 is 10.1. The van der Waals surface area contributed by atoms with Crippen LogP contribution in [0.15, 0.2) is 22.8 Å². The molecule has 1 fully saturated rings. The Labute approximate surface area is 76.1 Å². The topological polar surface area (TPSA) is 42.7 Å². The van der Waals surface area contributed by atoms with E-state index in [9.17, 15) is 4.79 Å². The van der Waals surface area contributed by atoms with Gasteiger partial charge < -0.3 is 9.15 Å². The first kappa shape index (κ1) is 8.31. The number of ether oxygens (including phenoxy) is 1. The first-order valence-corrected chi connectivity index (χ1v) is 4.19. The van der Waals surface area contributed by atoms with Crippen LogP contribution in [0.5, 0.6) is 0 Å². The number of morpholine rings is 1. The molecule has 4 nitrogen and oxygen atoms in total. The van der Waals surface area contributed by atoms with E-state index in [4.69, 9.17) is 9.15 Å². The van der Waals surface area contributed by atoms with Crippen molar-refractivity contribution in [1.82, 2.24) is 4.90 Å². The quantitative estimate of drug-likeness (QED) is 0.601. The predicted octanol–water partition coefficient (Wildman–Crippen LogP) is 0.809. The van der Waals surface area contributed by atoms with Crippen molar-refractivity contribution >= 4 is 5.97 Å². The van der Waals surface area contributed by atoms with E-state index in [1.54, 1.807) is 18.4 Å². The minimum absolute atomic E-state index is 0.233. The Morgan fingerprint density at radius 1 is 1.62 bits per heavy atom. The molecule has 4 heteroatoms. The van der Waals surface area contributed by atoms with Gasteiger partial charge in [-0.3, -0.25) is 4.90 Å². The maximum absolute atomic E-state index is 11.4. The van der Waals surface area contributed by atoms with E-state index in [0.29, 0.717) is 12.4 Å². The lowest BCUT2D eigenvalue weighted by atomic mass is 10.2. The molecule has 0 bridgehead atoms. The average molecular weight is 181 g/mol. The number of nitrogens with zero attached hydrogens (tertiary/aromatic N) is 1. The molecule has 1 aromatic rings. The first-order valence-electron chi connectivity index (χ1n) is 4.19. The summed E-state index contributed by atoms with van der Waals surface area (Å²) in [6.07, 6.45) is 1.56. The van der Waals surface area contributed by atoms with Gasteiger partial charge in [0, 0.05) is 6.54 Å². The van der Waals surface area contributed by atoms with Crippen molar-refractivity contribution in [3.05, 3.63) is 24.2 Å². The van der Waals surface area contributed by atoms with Gasteiger partial charge in [0.2, 0.25) is 0 Å². The summed E-state index contributed by atoms with van der Waals surface area (Å²) in [5, 5.41) is 0. The number of furan rings is 1. The Morgan fingerprint density at radius 2 is 2.46 bits per heavy atom. The van der Waals surface area contributed by atoms with Gasteiger partial charge in [-0.25, -0.2) is 4.79 Å². The number of rotatable bonds is 1. The maximum Gasteiger partial charge on any atom is 0.331 e. The molecule has 13 heavy (non-hydrogen) atoms. The van der Waals surface area contributed by atoms with Crippen LogP contribution in [-0.2, 0) is 9.53 Å². The number of carbonyl (C=O) groups excluding carboxylic acids is 1. The molecule has 0 amide bonds. The van der Waals surface area contributed by atoms with Crippen LogP contribution < -0.4 is 0 Å². The van der Waals surface area contributed by atoms with Crippen molar-refractivity contribution in [1.29, 1.82) is 0 Å². The van der Waals surface area contributed by atoms with Gasteiger partial charge in [-0.2, -0.15) is 0 Å². The number of esters is 1. The van der Waals surface area contributed by atoms with Crippen LogP contribution in [0.3, 0.4) is 0 Å². The summed E-state index contributed by atoms with van der Waals surface area (Å²) in [5.74, 6) is 0.413. The Hall–Kier alpha value is -1.29. The Balaban J connectivity index is 2.24. The molecule has 0 aliphatic carbocycles. The average Bonchev–Trinajstić information content (AvgIpc) is 2.57. The smallest absolute Gasteiger partial charge is 0.331 e. The van der Waals surface area contributed by atoms with E-state index in [1.165, 1.54) is 0 Å². The molecule has 70 valence electrons. The van der Waals surface area contributed by atoms with Gasteiger partial charge in [0.15, 0.2) is 6.04 Å². The number of hydrogen-bond acceptors (Lipinski definition) is 4. The molecule has 1 aliphatic rings. The summed E-state index contributed by atoms with van der Waals surface area (Å²) in [7, 11) is 1.88. The van der Waals surface area contributed by atoms with Gasteiger partial charge in [-0.05, 0) is 19.2 Å². The molecule has 0 N–H and O–H groups in total. The van der Waals surface area contributed by atoms with E-state index >= 15 is 0 Å². The SMILES string of the molecule is CN1CCOC(=O)C1c1ccco1. The van der Waals surface area contributed by atoms with Crippen molar-refractivity contribution in [3.8, 4) is 0 Å². The minimum Gasteiger partial charge on any atom is -0.467 e. The molecule has 1 aliphatic heterocycles. The van der Waals surface area contributed by atoms with Crippen molar-refractivity contribution in [2.75, 3.05) is 20.2 Å². The van der Waals surface area contributed by atoms with Crippen LogP contribution >= 0.6 is 0 Å². The largest absolute Gasteiger partial charge is 0.467 e. The van der Waals surface area contributed by atoms with Crippen LogP contribution in [-0.4, -0.2) is 31.1 Å². The van der Waals surface area contributed by atoms with Crippen molar-refractivity contribution < 1.29 is 13.9 Å². The molecule has 0 aromatic carbocycles. The van der Waals surface area contributed by atoms with Crippen LogP contribution in [0.2, 0.25) is 0 Å². The van der Waals surface area contributed by atoms with E-state index < -0.39 is 0 Å². The maximum atomic E-state index is 11.4. The lowest BCUT2D eigenvalue weighted by molar-refractivity contribution is -0.157. The zero-order chi connectivity index (χ0) is 9.26. The van der Waals surface area contributed by atoms with Gasteiger partial charge in [0.25, 0.3) is 0 Å². The Morgan fingerprint density at radius 3 is 3.08 bits per heavy atom. The second-order valence-electron chi connectivity index (χ2n) is 3.07. The third-order valence-electron chi connectivity index (χ3n) is 2.17. The monoisotopic (exact) mass is 181 g/mol. The molecule has 1 unspecified atom stereocenters. The zero-order valence-electron chi connectivity index (χ0n) is 7.40. The van der Waals surface area contributed by atoms with E-state index in [0.717, 1.165) is 6.54 Å². The lowest BCUT2D eigenvalue weighted by Crippen LogP contribution is -2.40. The Bertz CT molecular complexity index is 294. The molecule has 0 saturated carbocycles. The van der Waals surface area contributed by atoms with Gasteiger partial charge in [-0.1, -0.05) is 0 Å². The molecular weight excluding hydrogens is 170 g/mol. The fourth-order valence-corrected chi connectivity index (χ4v) is 1.46. The molecule has 0 radical (unpaired) electrons. The van der Waals surface area contributed by atoms with Crippen LogP contribution in [0, 0.1) is 0 Å². The summed E-state index contributed by atoms with van der Waals surface area (Å²) in [6, 6.07) is 3.18. The van der Waals surface area contributed by atoms with Crippen molar-refractivity contribution in [3.63, 3.8) is 0 Å². The number of cyclic esters (lactones) is 1. The van der Waals surface area contributed by atoms with Crippen LogP contribution in [0.4, 0.5) is 0 Å². The molecule has 0 spiro atoms. The molecule has 1 aromatic heterocycles. The predicted molar refractivity (Wildman–Crippen MR) is 45.0 cm³/mol. The Kier molecular flexibility index (Phi) is 2.06. The second-order valence-corrected chi connectivity index (χ2v) is 3.07. The van der Waals surface area contributed by atoms with Gasteiger partial charge in [-0.15, -0.1) is 0 Å². The van der Waals surface area contributed by atoms with Crippen molar-refractivity contribution in [2.45, 2.75) is 6.04 Å². The van der Waals surface area contributed by atoms with E-state index in [2.05, 4.69) is 0 Å². The second kappa shape index (κ2) is 3.22. The highest BCUT2D eigenvalue weighted by atomic mass is 16.5. The van der Waals surface area contributed by atoms with E-state index in [-0.39, 0.29) is 12.0 Å². The third kappa shape index (κ3) is 1.45. The molecule has 1 atom stereocenters. The van der Waals surface area contributed by atoms with Crippen molar-refractivity contribution in [2.24, 2.45) is 0 Å². The number of carbonyl (C=O) groups is 1. The standard InChI is InChI=1S/C9H11NO3/c1-10-4-6-13-9(11)8(10)7-3-2-5-12-7/h2-3,5,8H,4,6H2,1H3. The normalized spacial score (nSPS) is 24.4. The molecular formula is C9H11NO3. The summed E-state index contributed by atoms with van der Waals surface area (Å²) in [6.45, 7) is 1.21. The summed E-state index contributed by atoms with van der Waals surface area (Å²) in [5.41, 5.74) is 0. The highest BCUT2D eigenvalue weighted by molar-refractivity contribution is 5.77. The summed E-state index contributed by atoms with van der Waals surface area (Å²) in [4.78, 5) is 13.3. The lowest BCUT2D eigenvalue weighted by Gasteiger charge is -2.29. The van der Waals surface area contributed by atoms with Gasteiger partial charge in [0.1, 0.15) is 12.4 Å².